The molecule has 0 saturated heterocycles. The van der Waals surface area contributed by atoms with Gasteiger partial charge in [-0.15, -0.1) is 22.7 Å². The van der Waals surface area contributed by atoms with Crippen molar-refractivity contribution >= 4 is 28.6 Å². The molecule has 4 rings (SSSR count). The number of ether oxygens (including phenoxy) is 1. The van der Waals surface area contributed by atoms with Crippen molar-refractivity contribution in [2.45, 2.75) is 26.4 Å². The van der Waals surface area contributed by atoms with E-state index < -0.39 is 0 Å². The quantitative estimate of drug-likeness (QED) is 0.408. The highest BCUT2D eigenvalue weighted by Crippen LogP contribution is 2.26. The largest absolute Gasteiger partial charge is 0.462 e. The van der Waals surface area contributed by atoms with Crippen molar-refractivity contribution in [2.24, 2.45) is 0 Å². The van der Waals surface area contributed by atoms with Gasteiger partial charge in [0.1, 0.15) is 10.6 Å². The summed E-state index contributed by atoms with van der Waals surface area (Å²) in [5.41, 5.74) is 3.06. The minimum absolute atomic E-state index is 0.0413. The Balaban J connectivity index is 1.64. The van der Waals surface area contributed by atoms with Crippen molar-refractivity contribution in [3.8, 4) is 16.4 Å². The molecule has 0 amide bonds. The van der Waals surface area contributed by atoms with E-state index in [9.17, 15) is 4.79 Å². The van der Waals surface area contributed by atoms with Gasteiger partial charge >= 0.3 is 5.97 Å². The summed E-state index contributed by atoms with van der Waals surface area (Å²) in [6.45, 7) is 4.56. The van der Waals surface area contributed by atoms with Crippen LogP contribution in [0.5, 0.6) is 0 Å². The minimum atomic E-state index is -0.387. The Morgan fingerprint density at radius 2 is 2.10 bits per heavy atom. The lowest BCUT2D eigenvalue weighted by Gasteiger charge is -2.13. The topological polar surface area (TPSA) is 81.9 Å². The standard InChI is InChI=1S/C21H21N5O2S2/c1-3-28-20(27)16-11-24-26(18(16)12-23-14(2)19-22-9-10-29-19)21-25-17(13-30-21)15-7-5-4-6-8-15/h4-11,13-14,23H,3,12H2,1-2H3. The number of nitrogens with zero attached hydrogens (tertiary/aromatic N) is 4. The van der Waals surface area contributed by atoms with E-state index in [2.05, 4.69) is 15.4 Å². The van der Waals surface area contributed by atoms with Crippen molar-refractivity contribution in [1.29, 1.82) is 0 Å². The summed E-state index contributed by atoms with van der Waals surface area (Å²) in [4.78, 5) is 21.6. The molecule has 1 unspecified atom stereocenters. The van der Waals surface area contributed by atoms with Crippen molar-refractivity contribution in [1.82, 2.24) is 25.1 Å². The molecule has 0 radical (unpaired) electrons. The number of nitrogens with one attached hydrogen (secondary N) is 1. The summed E-state index contributed by atoms with van der Waals surface area (Å²) in [6, 6.07) is 10.0. The summed E-state index contributed by atoms with van der Waals surface area (Å²) in [5, 5.41) is 13.5. The zero-order valence-electron chi connectivity index (χ0n) is 16.6. The lowest BCUT2D eigenvalue weighted by molar-refractivity contribution is 0.0524. The fraction of sp³-hybridized carbons (Fsp3) is 0.238. The first kappa shape index (κ1) is 20.4. The predicted molar refractivity (Wildman–Crippen MR) is 118 cm³/mol. The fourth-order valence-electron chi connectivity index (χ4n) is 2.98. The second-order valence-electron chi connectivity index (χ2n) is 6.49. The van der Waals surface area contributed by atoms with Gasteiger partial charge in [0, 0.05) is 29.1 Å². The maximum absolute atomic E-state index is 12.5. The highest BCUT2D eigenvalue weighted by Gasteiger charge is 2.22. The molecule has 3 aromatic heterocycles. The molecular weight excluding hydrogens is 418 g/mol. The third kappa shape index (κ3) is 4.33. The Morgan fingerprint density at radius 1 is 1.27 bits per heavy atom. The van der Waals surface area contributed by atoms with Gasteiger partial charge in [0.05, 0.1) is 30.2 Å². The Labute approximate surface area is 182 Å². The molecule has 1 atom stereocenters. The van der Waals surface area contributed by atoms with E-state index >= 15 is 0 Å². The van der Waals surface area contributed by atoms with Crippen LogP contribution in [0.4, 0.5) is 0 Å². The second-order valence-corrected chi connectivity index (χ2v) is 8.25. The Bertz CT molecular complexity index is 1110. The van der Waals surface area contributed by atoms with Gasteiger partial charge in [-0.1, -0.05) is 30.3 Å². The van der Waals surface area contributed by atoms with Crippen LogP contribution in [0.15, 0.2) is 53.5 Å². The second kappa shape index (κ2) is 9.29. The van der Waals surface area contributed by atoms with Gasteiger partial charge in [-0.05, 0) is 13.8 Å². The summed E-state index contributed by atoms with van der Waals surface area (Å²) < 4.78 is 6.94. The zero-order chi connectivity index (χ0) is 20.9. The van der Waals surface area contributed by atoms with Gasteiger partial charge in [0.2, 0.25) is 5.13 Å². The third-order valence-electron chi connectivity index (χ3n) is 4.50. The number of esters is 1. The highest BCUT2D eigenvalue weighted by atomic mass is 32.1. The van der Waals surface area contributed by atoms with Gasteiger partial charge in [0.15, 0.2) is 0 Å². The van der Waals surface area contributed by atoms with E-state index in [1.807, 2.05) is 48.0 Å². The van der Waals surface area contributed by atoms with E-state index in [1.54, 1.807) is 35.3 Å². The molecule has 3 heterocycles. The zero-order valence-corrected chi connectivity index (χ0v) is 18.2. The van der Waals surface area contributed by atoms with Crippen LogP contribution in [0.2, 0.25) is 0 Å². The number of hydrogen-bond donors (Lipinski definition) is 1. The smallest absolute Gasteiger partial charge is 0.341 e. The fourth-order valence-corrected chi connectivity index (χ4v) is 4.46. The molecule has 30 heavy (non-hydrogen) atoms. The monoisotopic (exact) mass is 439 g/mol. The molecule has 9 heteroatoms. The predicted octanol–water partition coefficient (Wildman–Crippen LogP) is 4.48. The van der Waals surface area contributed by atoms with E-state index in [0.717, 1.165) is 16.3 Å². The number of rotatable bonds is 8. The molecule has 1 N–H and O–H groups in total. The normalized spacial score (nSPS) is 12.1. The van der Waals surface area contributed by atoms with E-state index in [4.69, 9.17) is 9.72 Å². The maximum atomic E-state index is 12.5. The van der Waals surface area contributed by atoms with E-state index in [-0.39, 0.29) is 12.0 Å². The van der Waals surface area contributed by atoms with E-state index in [1.165, 1.54) is 11.3 Å². The van der Waals surface area contributed by atoms with Crippen LogP contribution < -0.4 is 5.32 Å². The average Bonchev–Trinajstić information content (AvgIpc) is 3.53. The van der Waals surface area contributed by atoms with Gasteiger partial charge in [-0.2, -0.15) is 5.10 Å². The van der Waals surface area contributed by atoms with Gasteiger partial charge in [0.25, 0.3) is 0 Å². The first-order valence-corrected chi connectivity index (χ1v) is 11.3. The lowest BCUT2D eigenvalue weighted by Crippen LogP contribution is -2.22. The summed E-state index contributed by atoms with van der Waals surface area (Å²) in [5.74, 6) is -0.387. The highest BCUT2D eigenvalue weighted by molar-refractivity contribution is 7.12. The summed E-state index contributed by atoms with van der Waals surface area (Å²) in [6.07, 6.45) is 3.33. The Hall–Kier alpha value is -2.88. The number of thiazole rings is 2. The van der Waals surface area contributed by atoms with Gasteiger partial charge < -0.3 is 10.1 Å². The Morgan fingerprint density at radius 3 is 2.83 bits per heavy atom. The van der Waals surface area contributed by atoms with Crippen LogP contribution in [-0.4, -0.2) is 32.3 Å². The van der Waals surface area contributed by atoms with Crippen LogP contribution in [-0.2, 0) is 11.3 Å². The first-order chi connectivity index (χ1) is 14.7. The molecule has 1 aromatic carbocycles. The van der Waals surface area contributed by atoms with Crippen LogP contribution in [0, 0.1) is 0 Å². The molecular formula is C21H21N5O2S2. The molecule has 0 fully saturated rings. The molecule has 154 valence electrons. The van der Waals surface area contributed by atoms with Crippen molar-refractivity contribution in [2.75, 3.05) is 6.61 Å². The number of carbonyl (C=O) groups excluding carboxylic acids is 1. The first-order valence-electron chi connectivity index (χ1n) is 9.55. The van der Waals surface area contributed by atoms with Crippen molar-refractivity contribution in [3.63, 3.8) is 0 Å². The Kier molecular flexibility index (Phi) is 6.32. The average molecular weight is 440 g/mol. The lowest BCUT2D eigenvalue weighted by atomic mass is 10.2. The van der Waals surface area contributed by atoms with Crippen molar-refractivity contribution < 1.29 is 9.53 Å². The van der Waals surface area contributed by atoms with E-state index in [0.29, 0.717) is 29.5 Å². The van der Waals surface area contributed by atoms with Crippen molar-refractivity contribution in [3.05, 3.63) is 69.8 Å². The summed E-state index contributed by atoms with van der Waals surface area (Å²) in [7, 11) is 0. The SMILES string of the molecule is CCOC(=O)c1cnn(-c2nc(-c3ccccc3)cs2)c1CNC(C)c1nccs1. The number of carbonyl (C=O) groups is 1. The maximum Gasteiger partial charge on any atom is 0.341 e. The molecule has 0 saturated carbocycles. The van der Waals surface area contributed by atoms with Gasteiger partial charge in [-0.3, -0.25) is 0 Å². The van der Waals surface area contributed by atoms with Gasteiger partial charge in [-0.25, -0.2) is 19.4 Å². The molecule has 4 aromatic rings. The molecule has 0 aliphatic rings. The van der Waals surface area contributed by atoms with Crippen LogP contribution in [0.1, 0.15) is 40.9 Å². The van der Waals surface area contributed by atoms with Crippen LogP contribution >= 0.6 is 22.7 Å². The molecule has 0 aliphatic carbocycles. The van der Waals surface area contributed by atoms with Crippen LogP contribution in [0.3, 0.4) is 0 Å². The van der Waals surface area contributed by atoms with Crippen LogP contribution in [0.25, 0.3) is 16.4 Å². The molecule has 7 nitrogen and oxygen atoms in total. The molecule has 0 bridgehead atoms. The molecule has 0 aliphatic heterocycles. The third-order valence-corrected chi connectivity index (χ3v) is 6.28. The molecule has 0 spiro atoms. The summed E-state index contributed by atoms with van der Waals surface area (Å²) >= 11 is 3.07. The minimum Gasteiger partial charge on any atom is -0.462 e. The number of aromatic nitrogens is 4. The number of hydrogen-bond acceptors (Lipinski definition) is 8. The number of benzene rings is 1.